The van der Waals surface area contributed by atoms with E-state index >= 15 is 0 Å². The lowest BCUT2D eigenvalue weighted by Gasteiger charge is -2.37. The van der Waals surface area contributed by atoms with Crippen molar-refractivity contribution in [3.63, 3.8) is 0 Å². The molecule has 3 saturated heterocycles. The second kappa shape index (κ2) is 5.20. The maximum atomic E-state index is 5.99. The molecule has 0 saturated carbocycles. The van der Waals surface area contributed by atoms with Crippen molar-refractivity contribution in [2.24, 2.45) is 0 Å². The quantitative estimate of drug-likeness (QED) is 0.573. The van der Waals surface area contributed by atoms with Crippen LogP contribution in [0.2, 0.25) is 0 Å². The minimum absolute atomic E-state index is 0.235. The van der Waals surface area contributed by atoms with Gasteiger partial charge in [0.1, 0.15) is 31.0 Å². The molecule has 0 radical (unpaired) electrons. The topological polar surface area (TPSA) is 55.4 Å². The lowest BCUT2D eigenvalue weighted by Crippen LogP contribution is -2.56. The highest BCUT2D eigenvalue weighted by atomic mass is 16.9. The molecule has 0 N–H and O–H groups in total. The first-order valence-corrected chi connectivity index (χ1v) is 7.19. The van der Waals surface area contributed by atoms with Gasteiger partial charge >= 0.3 is 0 Å². The molecule has 0 aromatic rings. The number of rotatable bonds is 3. The van der Waals surface area contributed by atoms with Crippen molar-refractivity contribution in [2.75, 3.05) is 13.2 Å². The Balaban J connectivity index is 1.77. The molecule has 1 unspecified atom stereocenters. The van der Waals surface area contributed by atoms with E-state index in [1.807, 2.05) is 27.7 Å². The number of hydrogen-bond donors (Lipinski definition) is 0. The van der Waals surface area contributed by atoms with Gasteiger partial charge in [-0.1, -0.05) is 5.92 Å². The summed E-state index contributed by atoms with van der Waals surface area (Å²) in [4.78, 5) is 0. The predicted molar refractivity (Wildman–Crippen MR) is 72.2 cm³/mol. The van der Waals surface area contributed by atoms with Gasteiger partial charge < -0.3 is 28.4 Å². The zero-order valence-corrected chi connectivity index (χ0v) is 12.8. The van der Waals surface area contributed by atoms with E-state index in [0.717, 1.165) is 0 Å². The fourth-order valence-corrected chi connectivity index (χ4v) is 3.06. The van der Waals surface area contributed by atoms with Gasteiger partial charge in [-0.05, 0) is 27.7 Å². The van der Waals surface area contributed by atoms with E-state index in [4.69, 9.17) is 34.8 Å². The fourth-order valence-electron chi connectivity index (χ4n) is 3.06. The molecule has 0 aromatic carbocycles. The zero-order chi connectivity index (χ0) is 15.3. The Morgan fingerprint density at radius 1 is 0.952 bits per heavy atom. The standard InChI is InChI=1S/C15H22O6/c1-6-7-16-8-9-10-11(19-14(2,3)18-10)12-13(17-9)21-15(4,5)20-12/h1,9-13H,7-8H2,2-5H3/t9?,10-,11-,12+,13+/m0/s1. The van der Waals surface area contributed by atoms with Gasteiger partial charge in [-0.15, -0.1) is 6.42 Å². The van der Waals surface area contributed by atoms with Crippen LogP contribution in [0.3, 0.4) is 0 Å². The summed E-state index contributed by atoms with van der Waals surface area (Å²) in [6.45, 7) is 8.03. The highest BCUT2D eigenvalue weighted by Crippen LogP contribution is 2.44. The van der Waals surface area contributed by atoms with Crippen molar-refractivity contribution < 1.29 is 28.4 Å². The largest absolute Gasteiger partial charge is 0.366 e. The summed E-state index contributed by atoms with van der Waals surface area (Å²) in [5.41, 5.74) is 0. The van der Waals surface area contributed by atoms with E-state index in [1.165, 1.54) is 0 Å². The number of hydrogen-bond acceptors (Lipinski definition) is 6. The van der Waals surface area contributed by atoms with Crippen molar-refractivity contribution in [1.29, 1.82) is 0 Å². The van der Waals surface area contributed by atoms with E-state index in [2.05, 4.69) is 5.92 Å². The monoisotopic (exact) mass is 298 g/mol. The van der Waals surface area contributed by atoms with Crippen LogP contribution in [0.4, 0.5) is 0 Å². The summed E-state index contributed by atoms with van der Waals surface area (Å²) in [5, 5.41) is 0. The van der Waals surface area contributed by atoms with Crippen LogP contribution in [0, 0.1) is 12.3 Å². The molecule has 0 amide bonds. The normalized spacial score (nSPS) is 43.1. The molecule has 3 aliphatic rings. The van der Waals surface area contributed by atoms with Crippen molar-refractivity contribution in [3.8, 4) is 12.3 Å². The van der Waals surface area contributed by atoms with Crippen molar-refractivity contribution in [2.45, 2.75) is 70.0 Å². The molecule has 3 rings (SSSR count). The van der Waals surface area contributed by atoms with Crippen LogP contribution in [-0.2, 0) is 28.4 Å². The van der Waals surface area contributed by atoms with Crippen LogP contribution in [0.1, 0.15) is 27.7 Å². The maximum absolute atomic E-state index is 5.99. The first-order valence-electron chi connectivity index (χ1n) is 7.19. The molecule has 0 bridgehead atoms. The second-order valence-corrected chi connectivity index (χ2v) is 6.43. The molecule has 21 heavy (non-hydrogen) atoms. The maximum Gasteiger partial charge on any atom is 0.190 e. The first-order chi connectivity index (χ1) is 9.81. The average molecular weight is 298 g/mol. The average Bonchev–Trinajstić information content (AvgIpc) is 2.84. The summed E-state index contributed by atoms with van der Waals surface area (Å²) >= 11 is 0. The van der Waals surface area contributed by atoms with E-state index in [-0.39, 0.29) is 31.0 Å². The molecule has 3 aliphatic heterocycles. The number of ether oxygens (including phenoxy) is 6. The van der Waals surface area contributed by atoms with Crippen LogP contribution in [0.25, 0.3) is 0 Å². The van der Waals surface area contributed by atoms with Gasteiger partial charge in [-0.2, -0.15) is 0 Å². The molecular formula is C15H22O6. The van der Waals surface area contributed by atoms with E-state index in [9.17, 15) is 0 Å². The van der Waals surface area contributed by atoms with Crippen LogP contribution >= 0.6 is 0 Å². The van der Waals surface area contributed by atoms with Gasteiger partial charge in [0.05, 0.1) is 6.61 Å². The lowest BCUT2D eigenvalue weighted by molar-refractivity contribution is -0.242. The summed E-state index contributed by atoms with van der Waals surface area (Å²) in [6, 6.07) is 0. The Labute approximate surface area is 125 Å². The van der Waals surface area contributed by atoms with Crippen LogP contribution < -0.4 is 0 Å². The van der Waals surface area contributed by atoms with E-state index in [1.54, 1.807) is 0 Å². The third-order valence-electron chi connectivity index (χ3n) is 3.72. The molecular weight excluding hydrogens is 276 g/mol. The van der Waals surface area contributed by atoms with Crippen molar-refractivity contribution >= 4 is 0 Å². The summed E-state index contributed by atoms with van der Waals surface area (Å²) in [7, 11) is 0. The first kappa shape index (κ1) is 15.2. The van der Waals surface area contributed by atoms with Crippen LogP contribution in [0.15, 0.2) is 0 Å². The number of fused-ring (bicyclic) bond motifs is 3. The molecule has 3 heterocycles. The molecule has 5 atom stereocenters. The minimum Gasteiger partial charge on any atom is -0.366 e. The summed E-state index contributed by atoms with van der Waals surface area (Å²) in [6.07, 6.45) is 3.58. The van der Waals surface area contributed by atoms with Crippen LogP contribution in [-0.4, -0.2) is 55.5 Å². The van der Waals surface area contributed by atoms with Crippen molar-refractivity contribution in [1.82, 2.24) is 0 Å². The third-order valence-corrected chi connectivity index (χ3v) is 3.72. The van der Waals surface area contributed by atoms with E-state index in [0.29, 0.717) is 6.61 Å². The Morgan fingerprint density at radius 3 is 2.29 bits per heavy atom. The molecule has 118 valence electrons. The van der Waals surface area contributed by atoms with Gasteiger partial charge in [0, 0.05) is 0 Å². The molecule has 0 aromatic heterocycles. The van der Waals surface area contributed by atoms with Gasteiger partial charge in [-0.25, -0.2) is 0 Å². The van der Waals surface area contributed by atoms with Gasteiger partial charge in [0.2, 0.25) is 0 Å². The third kappa shape index (κ3) is 2.95. The highest BCUT2D eigenvalue weighted by Gasteiger charge is 2.60. The summed E-state index contributed by atoms with van der Waals surface area (Å²) < 4.78 is 35.0. The Morgan fingerprint density at radius 2 is 1.57 bits per heavy atom. The predicted octanol–water partition coefficient (Wildman–Crippen LogP) is 1.03. The van der Waals surface area contributed by atoms with Gasteiger partial charge in [0.25, 0.3) is 0 Å². The lowest BCUT2D eigenvalue weighted by atomic mass is 9.99. The minimum atomic E-state index is -0.704. The second-order valence-electron chi connectivity index (χ2n) is 6.43. The molecule has 3 fully saturated rings. The Kier molecular flexibility index (Phi) is 3.77. The fraction of sp³-hybridized carbons (Fsp3) is 0.867. The molecule has 6 nitrogen and oxygen atoms in total. The van der Waals surface area contributed by atoms with Gasteiger partial charge in [0.15, 0.2) is 17.9 Å². The van der Waals surface area contributed by atoms with Gasteiger partial charge in [-0.3, -0.25) is 0 Å². The number of terminal acetylenes is 1. The molecule has 0 spiro atoms. The smallest absolute Gasteiger partial charge is 0.190 e. The van der Waals surface area contributed by atoms with Crippen LogP contribution in [0.5, 0.6) is 0 Å². The van der Waals surface area contributed by atoms with E-state index < -0.39 is 17.9 Å². The molecule has 6 heteroatoms. The van der Waals surface area contributed by atoms with Crippen molar-refractivity contribution in [3.05, 3.63) is 0 Å². The Hall–Kier alpha value is -0.680. The SMILES string of the molecule is C#CCOCC1O[C@@H]2OC(C)(C)O[C@@H]2[C@H]2OC(C)(C)O[C@@H]12. The zero-order valence-electron chi connectivity index (χ0n) is 12.8. The summed E-state index contributed by atoms with van der Waals surface area (Å²) in [5.74, 6) is 1.05. The Bertz CT molecular complexity index is 440. The highest BCUT2D eigenvalue weighted by molar-refractivity contribution is 5.00. The molecule has 0 aliphatic carbocycles.